The summed E-state index contributed by atoms with van der Waals surface area (Å²) in [7, 11) is 2.90. The van der Waals surface area contributed by atoms with Crippen molar-refractivity contribution in [2.45, 2.75) is 12.8 Å². The Balaban J connectivity index is 1.63. The van der Waals surface area contributed by atoms with E-state index in [1.165, 1.54) is 26.0 Å². The maximum absolute atomic E-state index is 12.3. The minimum absolute atomic E-state index is 0.0788. The first kappa shape index (κ1) is 18.6. The number of anilines is 1. The van der Waals surface area contributed by atoms with E-state index in [4.69, 9.17) is 9.47 Å². The number of amides is 1. The van der Waals surface area contributed by atoms with Crippen LogP contribution in [0.4, 0.5) is 5.69 Å². The maximum Gasteiger partial charge on any atom is 0.259 e. The van der Waals surface area contributed by atoms with Gasteiger partial charge in [-0.2, -0.15) is 5.10 Å². The Bertz CT molecular complexity index is 826. The SMILES string of the molecule is COc1cc(/C=N/NC(=O)CN2CCCc3ccccc32)cc(OC)c1O. The molecule has 1 aliphatic heterocycles. The zero-order valence-electron chi connectivity index (χ0n) is 15.4. The molecular weight excluding hydrogens is 346 g/mol. The number of phenols is 1. The number of hydrogen-bond acceptors (Lipinski definition) is 6. The van der Waals surface area contributed by atoms with E-state index in [0.717, 1.165) is 25.1 Å². The van der Waals surface area contributed by atoms with Gasteiger partial charge in [0.1, 0.15) is 0 Å². The number of para-hydroxylation sites is 1. The van der Waals surface area contributed by atoms with Crippen molar-refractivity contribution in [1.29, 1.82) is 0 Å². The summed E-state index contributed by atoms with van der Waals surface area (Å²) in [5.41, 5.74) is 5.55. The molecule has 1 aliphatic rings. The van der Waals surface area contributed by atoms with Crippen LogP contribution in [-0.4, -0.2) is 44.5 Å². The first-order chi connectivity index (χ1) is 13.1. The molecule has 0 saturated heterocycles. The van der Waals surface area contributed by atoms with Gasteiger partial charge in [-0.05, 0) is 36.6 Å². The van der Waals surface area contributed by atoms with Crippen LogP contribution in [0, 0.1) is 0 Å². The number of nitrogens with one attached hydrogen (secondary N) is 1. The van der Waals surface area contributed by atoms with E-state index in [-0.39, 0.29) is 29.7 Å². The van der Waals surface area contributed by atoms with Crippen molar-refractivity contribution < 1.29 is 19.4 Å². The average Bonchev–Trinajstić information content (AvgIpc) is 2.69. The number of benzene rings is 2. The molecule has 0 atom stereocenters. The highest BCUT2D eigenvalue weighted by Gasteiger charge is 2.18. The van der Waals surface area contributed by atoms with E-state index in [1.54, 1.807) is 12.1 Å². The molecule has 0 aliphatic carbocycles. The predicted molar refractivity (Wildman–Crippen MR) is 104 cm³/mol. The fourth-order valence-electron chi connectivity index (χ4n) is 3.15. The molecule has 0 spiro atoms. The van der Waals surface area contributed by atoms with E-state index >= 15 is 0 Å². The lowest BCUT2D eigenvalue weighted by molar-refractivity contribution is -0.119. The predicted octanol–water partition coefficient (Wildman–Crippen LogP) is 2.31. The van der Waals surface area contributed by atoms with Crippen molar-refractivity contribution in [3.05, 3.63) is 47.5 Å². The molecule has 0 unspecified atom stereocenters. The van der Waals surface area contributed by atoms with Crippen molar-refractivity contribution >= 4 is 17.8 Å². The number of nitrogens with zero attached hydrogens (tertiary/aromatic N) is 2. The number of methoxy groups -OCH3 is 2. The molecule has 0 aromatic heterocycles. The number of rotatable bonds is 6. The molecular formula is C20H23N3O4. The number of aromatic hydroxyl groups is 1. The minimum Gasteiger partial charge on any atom is -0.502 e. The van der Waals surface area contributed by atoms with Gasteiger partial charge >= 0.3 is 0 Å². The Labute approximate surface area is 158 Å². The van der Waals surface area contributed by atoms with Crippen LogP contribution >= 0.6 is 0 Å². The van der Waals surface area contributed by atoms with Crippen molar-refractivity contribution in [2.24, 2.45) is 5.10 Å². The van der Waals surface area contributed by atoms with Crippen LogP contribution in [0.1, 0.15) is 17.5 Å². The summed E-state index contributed by atoms with van der Waals surface area (Å²) >= 11 is 0. The third-order valence-corrected chi connectivity index (χ3v) is 4.45. The molecule has 7 nitrogen and oxygen atoms in total. The first-order valence-corrected chi connectivity index (χ1v) is 8.72. The molecule has 142 valence electrons. The quantitative estimate of drug-likeness (QED) is 0.603. The second kappa shape index (κ2) is 8.44. The highest BCUT2D eigenvalue weighted by atomic mass is 16.5. The van der Waals surface area contributed by atoms with Crippen molar-refractivity contribution in [1.82, 2.24) is 5.43 Å². The van der Waals surface area contributed by atoms with E-state index in [0.29, 0.717) is 5.56 Å². The summed E-state index contributed by atoms with van der Waals surface area (Å²) in [5.74, 6) is 0.268. The number of hydrazone groups is 1. The third kappa shape index (κ3) is 4.31. The first-order valence-electron chi connectivity index (χ1n) is 8.72. The standard InChI is InChI=1S/C20H23N3O4/c1-26-17-10-14(11-18(27-2)20(17)25)12-21-22-19(24)13-23-9-5-7-15-6-3-4-8-16(15)23/h3-4,6,8,10-12,25H,5,7,9,13H2,1-2H3,(H,22,24)/b21-12+. The number of phenolic OH excluding ortho intramolecular Hbond substituents is 1. The lowest BCUT2D eigenvalue weighted by atomic mass is 10.0. The number of ether oxygens (including phenoxy) is 2. The van der Waals surface area contributed by atoms with Crippen LogP contribution < -0.4 is 19.8 Å². The number of carbonyl (C=O) groups is 1. The molecule has 0 fully saturated rings. The summed E-state index contributed by atoms with van der Waals surface area (Å²) in [6.45, 7) is 1.09. The van der Waals surface area contributed by atoms with Crippen molar-refractivity contribution in [3.8, 4) is 17.2 Å². The van der Waals surface area contributed by atoms with Gasteiger partial charge in [0.2, 0.25) is 5.75 Å². The van der Waals surface area contributed by atoms with Crippen LogP contribution in [0.25, 0.3) is 0 Å². The van der Waals surface area contributed by atoms with Crippen LogP contribution in [0.3, 0.4) is 0 Å². The summed E-state index contributed by atoms with van der Waals surface area (Å²) in [6.07, 6.45) is 3.55. The van der Waals surface area contributed by atoms with Crippen LogP contribution in [-0.2, 0) is 11.2 Å². The molecule has 2 aromatic carbocycles. The number of aryl methyl sites for hydroxylation is 1. The molecule has 3 rings (SSSR count). The van der Waals surface area contributed by atoms with Crippen LogP contribution in [0.2, 0.25) is 0 Å². The number of carbonyl (C=O) groups excluding carboxylic acids is 1. The van der Waals surface area contributed by atoms with Gasteiger partial charge in [0, 0.05) is 17.8 Å². The molecule has 27 heavy (non-hydrogen) atoms. The largest absolute Gasteiger partial charge is 0.502 e. The Hall–Kier alpha value is -3.22. The van der Waals surface area contributed by atoms with Crippen molar-refractivity contribution in [3.63, 3.8) is 0 Å². The normalized spacial score (nSPS) is 13.3. The highest BCUT2D eigenvalue weighted by Crippen LogP contribution is 2.36. The zero-order valence-corrected chi connectivity index (χ0v) is 15.4. The molecule has 7 heteroatoms. The molecule has 0 saturated carbocycles. The zero-order chi connectivity index (χ0) is 19.2. The minimum atomic E-state index is -0.194. The monoisotopic (exact) mass is 369 g/mol. The Morgan fingerprint density at radius 2 is 1.96 bits per heavy atom. The summed E-state index contributed by atoms with van der Waals surface area (Å²) in [6, 6.07) is 11.4. The highest BCUT2D eigenvalue weighted by molar-refractivity contribution is 5.86. The molecule has 0 radical (unpaired) electrons. The lowest BCUT2D eigenvalue weighted by Gasteiger charge is -2.30. The van der Waals surface area contributed by atoms with Gasteiger partial charge in [0.25, 0.3) is 5.91 Å². The third-order valence-electron chi connectivity index (χ3n) is 4.45. The molecule has 0 bridgehead atoms. The topological polar surface area (TPSA) is 83.4 Å². The van der Waals surface area contributed by atoms with Crippen molar-refractivity contribution in [2.75, 3.05) is 32.2 Å². The Kier molecular flexibility index (Phi) is 5.80. The molecule has 1 amide bonds. The lowest BCUT2D eigenvalue weighted by Crippen LogP contribution is -2.38. The Morgan fingerprint density at radius 3 is 2.67 bits per heavy atom. The summed E-state index contributed by atoms with van der Waals surface area (Å²) in [4.78, 5) is 14.3. The molecule has 2 N–H and O–H groups in total. The van der Waals surface area contributed by atoms with E-state index < -0.39 is 0 Å². The fraction of sp³-hybridized carbons (Fsp3) is 0.300. The second-order valence-electron chi connectivity index (χ2n) is 6.22. The van der Waals surface area contributed by atoms with Gasteiger partial charge in [-0.15, -0.1) is 0 Å². The van der Waals surface area contributed by atoms with Gasteiger partial charge in [-0.25, -0.2) is 5.43 Å². The molecule has 2 aromatic rings. The summed E-state index contributed by atoms with van der Waals surface area (Å²) < 4.78 is 10.2. The van der Waals surface area contributed by atoms with Crippen LogP contribution in [0.15, 0.2) is 41.5 Å². The molecule has 1 heterocycles. The van der Waals surface area contributed by atoms with E-state index in [2.05, 4.69) is 21.5 Å². The van der Waals surface area contributed by atoms with E-state index in [1.807, 2.05) is 18.2 Å². The average molecular weight is 369 g/mol. The fourth-order valence-corrected chi connectivity index (χ4v) is 3.15. The number of hydrogen-bond donors (Lipinski definition) is 2. The van der Waals surface area contributed by atoms with Crippen LogP contribution in [0.5, 0.6) is 17.2 Å². The summed E-state index contributed by atoms with van der Waals surface area (Å²) in [5, 5.41) is 13.9. The Morgan fingerprint density at radius 1 is 1.26 bits per heavy atom. The number of fused-ring (bicyclic) bond motifs is 1. The van der Waals surface area contributed by atoms with Gasteiger partial charge in [0.05, 0.1) is 27.0 Å². The van der Waals surface area contributed by atoms with Gasteiger partial charge in [-0.3, -0.25) is 4.79 Å². The van der Waals surface area contributed by atoms with Gasteiger partial charge in [-0.1, -0.05) is 18.2 Å². The maximum atomic E-state index is 12.3. The van der Waals surface area contributed by atoms with Gasteiger partial charge in [0.15, 0.2) is 11.5 Å². The van der Waals surface area contributed by atoms with E-state index in [9.17, 15) is 9.90 Å². The smallest absolute Gasteiger partial charge is 0.259 e. The second-order valence-corrected chi connectivity index (χ2v) is 6.22. The van der Waals surface area contributed by atoms with Gasteiger partial charge < -0.3 is 19.5 Å².